The molecule has 0 aliphatic rings. The first kappa shape index (κ1) is 12.9. The molecule has 0 unspecified atom stereocenters. The van der Waals surface area contributed by atoms with E-state index in [4.69, 9.17) is 15.6 Å². The van der Waals surface area contributed by atoms with Gasteiger partial charge in [-0.2, -0.15) is 0 Å². The normalized spacial score (nSPS) is 10.2. The topological polar surface area (TPSA) is 65.2 Å². The Bertz CT molecular complexity index is 832. The van der Waals surface area contributed by atoms with E-state index in [0.29, 0.717) is 22.6 Å². The van der Waals surface area contributed by atoms with E-state index in [2.05, 4.69) is 15.9 Å². The molecule has 3 aromatic rings. The molecule has 0 amide bonds. The summed E-state index contributed by atoms with van der Waals surface area (Å²) >= 11 is 0. The predicted octanol–water partition coefficient (Wildman–Crippen LogP) is 2.68. The minimum atomic E-state index is -0.483. The molecule has 0 spiro atoms. The fraction of sp³-hybridized carbons (Fsp3) is 0.0625. The van der Waals surface area contributed by atoms with Crippen molar-refractivity contribution in [3.63, 3.8) is 0 Å². The van der Waals surface area contributed by atoms with Gasteiger partial charge in [-0.1, -0.05) is 5.92 Å². The van der Waals surface area contributed by atoms with Crippen molar-refractivity contribution < 1.29 is 13.9 Å². The highest BCUT2D eigenvalue weighted by Crippen LogP contribution is 2.24. The number of hydrogen-bond acceptors (Lipinski definition) is 5. The van der Waals surface area contributed by atoms with Crippen LogP contribution in [0.25, 0.3) is 22.6 Å². The molecule has 0 atom stereocenters. The average Bonchev–Trinajstić information content (AvgIpc) is 2.96. The van der Waals surface area contributed by atoms with Crippen molar-refractivity contribution in [3.05, 3.63) is 48.3 Å². The Balaban J connectivity index is 1.96. The summed E-state index contributed by atoms with van der Waals surface area (Å²) in [7, 11) is 0. The number of benzene rings is 1. The summed E-state index contributed by atoms with van der Waals surface area (Å²) in [5.41, 5.74) is 2.37. The fourth-order valence-corrected chi connectivity index (χ4v) is 1.86. The van der Waals surface area contributed by atoms with Crippen molar-refractivity contribution in [3.8, 4) is 23.8 Å². The number of carbonyl (C=O) groups is 1. The van der Waals surface area contributed by atoms with Crippen LogP contribution in [0.3, 0.4) is 0 Å². The quantitative estimate of drug-likeness (QED) is 0.544. The number of fused-ring (bicyclic) bond motifs is 1. The molecule has 5 heteroatoms. The number of carbonyl (C=O) groups excluding carboxylic acids is 1. The summed E-state index contributed by atoms with van der Waals surface area (Å²) in [5.74, 6) is 2.24. The molecule has 0 aliphatic heterocycles. The molecule has 0 N–H and O–H groups in total. The standard InChI is InChI=1S/C16H10N2O3/c1-2-9-20-16(19)12-3-4-14-13(10-12)18-15(21-14)11-5-7-17-8-6-11/h1,3-8,10H,9H2. The lowest BCUT2D eigenvalue weighted by molar-refractivity contribution is 0.0557. The first-order valence-corrected chi connectivity index (χ1v) is 6.19. The molecule has 0 fully saturated rings. The molecule has 0 bridgehead atoms. The van der Waals surface area contributed by atoms with Crippen LogP contribution in [-0.2, 0) is 4.74 Å². The average molecular weight is 278 g/mol. The number of rotatable bonds is 3. The number of esters is 1. The zero-order chi connectivity index (χ0) is 14.7. The highest BCUT2D eigenvalue weighted by atomic mass is 16.5. The highest BCUT2D eigenvalue weighted by molar-refractivity contribution is 5.93. The second-order valence-corrected chi connectivity index (χ2v) is 4.22. The first-order chi connectivity index (χ1) is 10.3. The van der Waals surface area contributed by atoms with Crippen LogP contribution in [0.1, 0.15) is 10.4 Å². The Kier molecular flexibility index (Phi) is 3.36. The highest BCUT2D eigenvalue weighted by Gasteiger charge is 2.12. The van der Waals surface area contributed by atoms with Gasteiger partial charge in [0.1, 0.15) is 5.52 Å². The summed E-state index contributed by atoms with van der Waals surface area (Å²) in [6.45, 7) is -0.0576. The zero-order valence-corrected chi connectivity index (χ0v) is 10.9. The van der Waals surface area contributed by atoms with E-state index in [9.17, 15) is 4.79 Å². The third-order valence-electron chi connectivity index (χ3n) is 2.84. The maximum absolute atomic E-state index is 11.7. The minimum Gasteiger partial charge on any atom is -0.449 e. The summed E-state index contributed by atoms with van der Waals surface area (Å²) in [5, 5.41) is 0. The van der Waals surface area contributed by atoms with E-state index in [-0.39, 0.29) is 6.61 Å². The third-order valence-corrected chi connectivity index (χ3v) is 2.84. The van der Waals surface area contributed by atoms with E-state index in [1.807, 2.05) is 0 Å². The van der Waals surface area contributed by atoms with Gasteiger partial charge < -0.3 is 9.15 Å². The van der Waals surface area contributed by atoms with E-state index < -0.39 is 5.97 Å². The SMILES string of the molecule is C#CCOC(=O)c1ccc2oc(-c3ccncc3)nc2c1. The molecular formula is C16H10N2O3. The van der Waals surface area contributed by atoms with Crippen molar-refractivity contribution in [1.29, 1.82) is 0 Å². The summed E-state index contributed by atoms with van der Waals surface area (Å²) in [6, 6.07) is 8.50. The Hall–Kier alpha value is -3.13. The molecule has 0 saturated heterocycles. The first-order valence-electron chi connectivity index (χ1n) is 6.19. The summed E-state index contributed by atoms with van der Waals surface area (Å²) in [4.78, 5) is 20.0. The van der Waals surface area contributed by atoms with Gasteiger partial charge in [0.05, 0.1) is 5.56 Å². The van der Waals surface area contributed by atoms with E-state index >= 15 is 0 Å². The van der Waals surface area contributed by atoms with Gasteiger partial charge in [-0.15, -0.1) is 6.42 Å². The smallest absolute Gasteiger partial charge is 0.339 e. The Morgan fingerprint density at radius 2 is 2.10 bits per heavy atom. The summed E-state index contributed by atoms with van der Waals surface area (Å²) in [6.07, 6.45) is 8.37. The minimum absolute atomic E-state index is 0.0576. The number of terminal acetylenes is 1. The van der Waals surface area contributed by atoms with Crippen LogP contribution in [0.2, 0.25) is 0 Å². The van der Waals surface area contributed by atoms with Crippen LogP contribution in [0.4, 0.5) is 0 Å². The van der Waals surface area contributed by atoms with E-state index in [1.165, 1.54) is 0 Å². The van der Waals surface area contributed by atoms with E-state index in [1.54, 1.807) is 42.7 Å². The summed E-state index contributed by atoms with van der Waals surface area (Å²) < 4.78 is 10.5. The van der Waals surface area contributed by atoms with Crippen molar-refractivity contribution in [2.45, 2.75) is 0 Å². The van der Waals surface area contributed by atoms with Crippen LogP contribution in [0.5, 0.6) is 0 Å². The molecule has 3 rings (SSSR count). The molecule has 0 radical (unpaired) electrons. The van der Waals surface area contributed by atoms with Crippen LogP contribution in [-0.4, -0.2) is 22.5 Å². The van der Waals surface area contributed by atoms with Crippen molar-refractivity contribution in [2.75, 3.05) is 6.61 Å². The van der Waals surface area contributed by atoms with Crippen molar-refractivity contribution in [2.24, 2.45) is 0 Å². The maximum Gasteiger partial charge on any atom is 0.339 e. The maximum atomic E-state index is 11.7. The monoisotopic (exact) mass is 278 g/mol. The van der Waals surface area contributed by atoms with Crippen LogP contribution < -0.4 is 0 Å². The second-order valence-electron chi connectivity index (χ2n) is 4.22. The molecule has 102 valence electrons. The zero-order valence-electron chi connectivity index (χ0n) is 10.9. The Morgan fingerprint density at radius 1 is 1.29 bits per heavy atom. The van der Waals surface area contributed by atoms with Crippen LogP contribution in [0.15, 0.2) is 47.1 Å². The molecule has 5 nitrogen and oxygen atoms in total. The molecule has 0 aliphatic carbocycles. The number of oxazole rings is 1. The molecule has 0 saturated carbocycles. The van der Waals surface area contributed by atoms with Gasteiger partial charge in [0.2, 0.25) is 5.89 Å². The molecule has 21 heavy (non-hydrogen) atoms. The van der Waals surface area contributed by atoms with Gasteiger partial charge >= 0.3 is 5.97 Å². The van der Waals surface area contributed by atoms with Crippen molar-refractivity contribution in [1.82, 2.24) is 9.97 Å². The van der Waals surface area contributed by atoms with Gasteiger partial charge in [0.15, 0.2) is 12.2 Å². The second kappa shape index (κ2) is 5.47. The van der Waals surface area contributed by atoms with Crippen LogP contribution in [0, 0.1) is 12.3 Å². The third kappa shape index (κ3) is 2.60. The molecular weight excluding hydrogens is 268 g/mol. The van der Waals surface area contributed by atoms with Crippen molar-refractivity contribution >= 4 is 17.1 Å². The Labute approximate surface area is 120 Å². The largest absolute Gasteiger partial charge is 0.449 e. The van der Waals surface area contributed by atoms with E-state index in [0.717, 1.165) is 5.56 Å². The van der Waals surface area contributed by atoms with Gasteiger partial charge in [-0.3, -0.25) is 4.98 Å². The number of aromatic nitrogens is 2. The lowest BCUT2D eigenvalue weighted by atomic mass is 10.2. The van der Waals surface area contributed by atoms with Gasteiger partial charge in [0.25, 0.3) is 0 Å². The lowest BCUT2D eigenvalue weighted by Gasteiger charge is -1.99. The molecule has 2 aromatic heterocycles. The van der Waals surface area contributed by atoms with Gasteiger partial charge in [-0.05, 0) is 30.3 Å². The fourth-order valence-electron chi connectivity index (χ4n) is 1.86. The number of hydrogen-bond donors (Lipinski definition) is 0. The van der Waals surface area contributed by atoms with Crippen LogP contribution >= 0.6 is 0 Å². The number of pyridine rings is 1. The number of ether oxygens (including phenoxy) is 1. The predicted molar refractivity (Wildman–Crippen MR) is 76.4 cm³/mol. The Morgan fingerprint density at radius 3 is 2.86 bits per heavy atom. The van der Waals surface area contributed by atoms with Gasteiger partial charge in [-0.25, -0.2) is 9.78 Å². The molecule has 1 aromatic carbocycles. The molecule has 2 heterocycles. The van der Waals surface area contributed by atoms with Gasteiger partial charge in [0, 0.05) is 18.0 Å². The lowest BCUT2D eigenvalue weighted by Crippen LogP contribution is -2.04. The number of nitrogens with zero attached hydrogens (tertiary/aromatic N) is 2.